The highest BCUT2D eigenvalue weighted by molar-refractivity contribution is 4.81. The van der Waals surface area contributed by atoms with Gasteiger partial charge in [-0.1, -0.05) is 64.7 Å². The third-order valence-corrected chi connectivity index (χ3v) is 3.98. The summed E-state index contributed by atoms with van der Waals surface area (Å²) in [6, 6.07) is 0. The van der Waals surface area contributed by atoms with Crippen molar-refractivity contribution in [3.05, 3.63) is 0 Å². The summed E-state index contributed by atoms with van der Waals surface area (Å²) in [6.07, 6.45) is 15.0. The van der Waals surface area contributed by atoms with Crippen LogP contribution < -0.4 is 0 Å². The fourth-order valence-electron chi connectivity index (χ4n) is 2.69. The summed E-state index contributed by atoms with van der Waals surface area (Å²) in [5, 5.41) is 10.3. The number of ether oxygens (including phenoxy) is 1. The van der Waals surface area contributed by atoms with Gasteiger partial charge >= 0.3 is 0 Å². The van der Waals surface area contributed by atoms with Gasteiger partial charge in [0.25, 0.3) is 0 Å². The lowest BCUT2D eigenvalue weighted by molar-refractivity contribution is -0.00587. The van der Waals surface area contributed by atoms with E-state index in [-0.39, 0.29) is 5.60 Å². The molecule has 0 aromatic heterocycles. The van der Waals surface area contributed by atoms with Crippen LogP contribution in [0, 0.1) is 0 Å². The molecule has 2 rings (SSSR count). The average molecular weight is 256 g/mol. The van der Waals surface area contributed by atoms with E-state index in [1.165, 1.54) is 57.8 Å². The van der Waals surface area contributed by atoms with Crippen molar-refractivity contribution >= 4 is 0 Å². The van der Waals surface area contributed by atoms with Gasteiger partial charge < -0.3 is 9.84 Å². The van der Waals surface area contributed by atoms with E-state index in [2.05, 4.69) is 11.7 Å². The largest absolute Gasteiger partial charge is 0.390 e. The van der Waals surface area contributed by atoms with Gasteiger partial charge in [0.2, 0.25) is 0 Å². The molecular weight excluding hydrogens is 224 g/mol. The SMILES string of the molecule is C1CO1.CCCCCCCCC1(O)CCCCC1. The van der Waals surface area contributed by atoms with Crippen LogP contribution in [0.3, 0.4) is 0 Å². The summed E-state index contributed by atoms with van der Waals surface area (Å²) in [5.74, 6) is 0. The standard InChI is InChI=1S/C14H28O.C2H4O/c1-2-3-4-5-6-8-11-14(15)12-9-7-10-13-14;1-2-3-1/h15H,2-13H2,1H3;1-2H2. The van der Waals surface area contributed by atoms with Crippen LogP contribution in [0.4, 0.5) is 0 Å². The number of hydrogen-bond donors (Lipinski definition) is 1. The first-order valence-electron chi connectivity index (χ1n) is 8.07. The Morgan fingerprint density at radius 3 is 2.00 bits per heavy atom. The second-order valence-electron chi connectivity index (χ2n) is 5.92. The van der Waals surface area contributed by atoms with Crippen LogP contribution in [0.15, 0.2) is 0 Å². The molecule has 0 spiro atoms. The van der Waals surface area contributed by atoms with Crippen LogP contribution in [0.2, 0.25) is 0 Å². The maximum absolute atomic E-state index is 10.3. The predicted octanol–water partition coefficient (Wildman–Crippen LogP) is 4.45. The van der Waals surface area contributed by atoms with Gasteiger partial charge in [0, 0.05) is 0 Å². The molecule has 1 N–H and O–H groups in total. The first kappa shape index (κ1) is 16.0. The number of rotatable bonds is 7. The molecular formula is C16H32O2. The minimum atomic E-state index is -0.275. The molecule has 2 aliphatic rings. The summed E-state index contributed by atoms with van der Waals surface area (Å²) in [7, 11) is 0. The molecule has 18 heavy (non-hydrogen) atoms. The summed E-state index contributed by atoms with van der Waals surface area (Å²) < 4.78 is 4.50. The van der Waals surface area contributed by atoms with E-state index in [9.17, 15) is 5.11 Å². The Balaban J connectivity index is 0.000000468. The number of unbranched alkanes of at least 4 members (excludes halogenated alkanes) is 5. The molecule has 2 heteroatoms. The molecule has 1 aliphatic carbocycles. The van der Waals surface area contributed by atoms with E-state index in [0.29, 0.717) is 0 Å². The highest BCUT2D eigenvalue weighted by Gasteiger charge is 2.27. The smallest absolute Gasteiger partial charge is 0.0701 e. The number of aliphatic hydroxyl groups is 1. The van der Waals surface area contributed by atoms with Crippen molar-refractivity contribution in [1.29, 1.82) is 0 Å². The van der Waals surface area contributed by atoms with Crippen molar-refractivity contribution in [3.63, 3.8) is 0 Å². The molecule has 0 bridgehead atoms. The third-order valence-electron chi connectivity index (χ3n) is 3.98. The van der Waals surface area contributed by atoms with Crippen LogP contribution in [-0.2, 0) is 4.74 Å². The van der Waals surface area contributed by atoms with Crippen molar-refractivity contribution in [1.82, 2.24) is 0 Å². The molecule has 0 unspecified atom stereocenters. The molecule has 0 radical (unpaired) electrons. The molecule has 0 atom stereocenters. The molecule has 0 aromatic carbocycles. The molecule has 2 fully saturated rings. The Morgan fingerprint density at radius 2 is 1.44 bits per heavy atom. The Hall–Kier alpha value is -0.0800. The first-order chi connectivity index (χ1) is 8.77. The lowest BCUT2D eigenvalue weighted by atomic mass is 9.81. The van der Waals surface area contributed by atoms with Crippen LogP contribution in [0.1, 0.15) is 84.0 Å². The van der Waals surface area contributed by atoms with Gasteiger partial charge in [-0.05, 0) is 19.3 Å². The van der Waals surface area contributed by atoms with E-state index < -0.39 is 0 Å². The zero-order valence-corrected chi connectivity index (χ0v) is 12.3. The predicted molar refractivity (Wildman–Crippen MR) is 76.8 cm³/mol. The van der Waals surface area contributed by atoms with Gasteiger partial charge in [-0.2, -0.15) is 0 Å². The van der Waals surface area contributed by atoms with Gasteiger partial charge in [-0.25, -0.2) is 0 Å². The van der Waals surface area contributed by atoms with E-state index in [0.717, 1.165) is 32.5 Å². The van der Waals surface area contributed by atoms with Crippen LogP contribution in [0.25, 0.3) is 0 Å². The van der Waals surface area contributed by atoms with Gasteiger partial charge in [0.15, 0.2) is 0 Å². The summed E-state index contributed by atoms with van der Waals surface area (Å²) >= 11 is 0. The van der Waals surface area contributed by atoms with Gasteiger partial charge in [0.1, 0.15) is 0 Å². The Kier molecular flexibility index (Phi) is 8.70. The van der Waals surface area contributed by atoms with Crippen LogP contribution in [-0.4, -0.2) is 23.9 Å². The van der Waals surface area contributed by atoms with E-state index in [4.69, 9.17) is 0 Å². The molecule has 1 saturated heterocycles. The Morgan fingerprint density at radius 1 is 0.889 bits per heavy atom. The molecule has 1 aliphatic heterocycles. The van der Waals surface area contributed by atoms with Gasteiger partial charge in [0.05, 0.1) is 18.8 Å². The molecule has 0 amide bonds. The number of epoxide rings is 1. The monoisotopic (exact) mass is 256 g/mol. The second kappa shape index (κ2) is 9.80. The topological polar surface area (TPSA) is 32.8 Å². The average Bonchev–Trinajstić information content (AvgIpc) is 3.22. The molecule has 0 aromatic rings. The van der Waals surface area contributed by atoms with Gasteiger partial charge in [-0.15, -0.1) is 0 Å². The maximum atomic E-state index is 10.3. The lowest BCUT2D eigenvalue weighted by Crippen LogP contribution is -2.30. The number of hydrogen-bond acceptors (Lipinski definition) is 2. The minimum absolute atomic E-state index is 0.275. The van der Waals surface area contributed by atoms with E-state index in [1.807, 2.05) is 0 Å². The first-order valence-corrected chi connectivity index (χ1v) is 8.07. The zero-order valence-electron chi connectivity index (χ0n) is 12.3. The van der Waals surface area contributed by atoms with Crippen molar-refractivity contribution in [3.8, 4) is 0 Å². The van der Waals surface area contributed by atoms with Crippen LogP contribution >= 0.6 is 0 Å². The summed E-state index contributed by atoms with van der Waals surface area (Å²) in [5.41, 5.74) is -0.275. The molecule has 108 valence electrons. The quantitative estimate of drug-likeness (QED) is 0.539. The van der Waals surface area contributed by atoms with Crippen molar-refractivity contribution in [2.45, 2.75) is 89.6 Å². The van der Waals surface area contributed by atoms with E-state index >= 15 is 0 Å². The fourth-order valence-corrected chi connectivity index (χ4v) is 2.69. The fraction of sp³-hybridized carbons (Fsp3) is 1.00. The summed E-state index contributed by atoms with van der Waals surface area (Å²) in [4.78, 5) is 0. The highest BCUT2D eigenvalue weighted by Crippen LogP contribution is 2.32. The second-order valence-corrected chi connectivity index (χ2v) is 5.92. The third kappa shape index (κ3) is 8.93. The van der Waals surface area contributed by atoms with Gasteiger partial charge in [-0.3, -0.25) is 0 Å². The molecule has 2 nitrogen and oxygen atoms in total. The zero-order chi connectivity index (χ0) is 13.1. The Labute approximate surface area is 113 Å². The normalized spacial score (nSPS) is 21.0. The van der Waals surface area contributed by atoms with Crippen LogP contribution in [0.5, 0.6) is 0 Å². The lowest BCUT2D eigenvalue weighted by Gasteiger charge is -2.32. The minimum Gasteiger partial charge on any atom is -0.390 e. The van der Waals surface area contributed by atoms with Crippen molar-refractivity contribution in [2.24, 2.45) is 0 Å². The molecule has 1 heterocycles. The van der Waals surface area contributed by atoms with E-state index in [1.54, 1.807) is 0 Å². The van der Waals surface area contributed by atoms with Crippen molar-refractivity contribution in [2.75, 3.05) is 13.2 Å². The highest BCUT2D eigenvalue weighted by atomic mass is 16.6. The Bertz CT molecular complexity index is 181. The van der Waals surface area contributed by atoms with Crippen molar-refractivity contribution < 1.29 is 9.84 Å². The summed E-state index contributed by atoms with van der Waals surface area (Å²) in [6.45, 7) is 4.25. The molecule has 1 saturated carbocycles. The maximum Gasteiger partial charge on any atom is 0.0701 e.